The van der Waals surface area contributed by atoms with Gasteiger partial charge in [-0.2, -0.15) is 5.26 Å². The van der Waals surface area contributed by atoms with Crippen molar-refractivity contribution in [3.05, 3.63) is 59.2 Å². The van der Waals surface area contributed by atoms with E-state index in [-0.39, 0.29) is 5.91 Å². The van der Waals surface area contributed by atoms with Crippen LogP contribution in [0.1, 0.15) is 21.5 Å². The summed E-state index contributed by atoms with van der Waals surface area (Å²) in [5, 5.41) is 11.6. The minimum absolute atomic E-state index is 0.233. The molecule has 0 atom stereocenters. The van der Waals surface area contributed by atoms with Gasteiger partial charge in [0.2, 0.25) is 0 Å². The maximum absolute atomic E-state index is 12.2. The highest BCUT2D eigenvalue weighted by molar-refractivity contribution is 5.97. The first-order valence-electron chi connectivity index (χ1n) is 6.67. The van der Waals surface area contributed by atoms with Crippen molar-refractivity contribution < 1.29 is 14.3 Å². The van der Waals surface area contributed by atoms with Crippen molar-refractivity contribution in [1.29, 1.82) is 5.26 Å². The SMILES string of the molecule is COc1ccc(C(=O)NCc2ccc(C#N)cc2)c(OC)c1. The normalized spacial score (nSPS) is 9.68. The largest absolute Gasteiger partial charge is 0.497 e. The van der Waals surface area contributed by atoms with Gasteiger partial charge >= 0.3 is 0 Å². The molecule has 0 aliphatic carbocycles. The van der Waals surface area contributed by atoms with E-state index >= 15 is 0 Å². The van der Waals surface area contributed by atoms with Gasteiger partial charge in [-0.3, -0.25) is 4.79 Å². The molecule has 2 aromatic carbocycles. The van der Waals surface area contributed by atoms with Crippen LogP contribution in [0.4, 0.5) is 0 Å². The van der Waals surface area contributed by atoms with Crippen molar-refractivity contribution in [3.63, 3.8) is 0 Å². The van der Waals surface area contributed by atoms with Crippen LogP contribution in [0.25, 0.3) is 0 Å². The van der Waals surface area contributed by atoms with Crippen LogP contribution in [-0.2, 0) is 6.54 Å². The molecule has 0 saturated carbocycles. The van der Waals surface area contributed by atoms with Crippen LogP contribution < -0.4 is 14.8 Å². The predicted octanol–water partition coefficient (Wildman–Crippen LogP) is 2.51. The van der Waals surface area contributed by atoms with Crippen molar-refractivity contribution in [1.82, 2.24) is 5.32 Å². The third kappa shape index (κ3) is 3.55. The van der Waals surface area contributed by atoms with Gasteiger partial charge in [0.25, 0.3) is 5.91 Å². The van der Waals surface area contributed by atoms with E-state index in [1.54, 1.807) is 37.4 Å². The Hall–Kier alpha value is -3.00. The van der Waals surface area contributed by atoms with Crippen LogP contribution in [0.15, 0.2) is 42.5 Å². The smallest absolute Gasteiger partial charge is 0.255 e. The molecule has 0 fully saturated rings. The first-order valence-corrected chi connectivity index (χ1v) is 6.67. The third-order valence-electron chi connectivity index (χ3n) is 3.19. The summed E-state index contributed by atoms with van der Waals surface area (Å²) in [5.41, 5.74) is 1.95. The number of hydrogen-bond donors (Lipinski definition) is 1. The van der Waals surface area contributed by atoms with E-state index in [4.69, 9.17) is 14.7 Å². The first kappa shape index (κ1) is 15.4. The van der Waals surface area contributed by atoms with E-state index in [2.05, 4.69) is 11.4 Å². The first-order chi connectivity index (χ1) is 10.7. The van der Waals surface area contributed by atoms with Crippen molar-refractivity contribution in [2.24, 2.45) is 0 Å². The minimum Gasteiger partial charge on any atom is -0.497 e. The maximum Gasteiger partial charge on any atom is 0.255 e. The Bertz CT molecular complexity index is 703. The van der Waals surface area contributed by atoms with Gasteiger partial charge in [0.05, 0.1) is 31.4 Å². The van der Waals surface area contributed by atoms with Gasteiger partial charge in [-0.05, 0) is 29.8 Å². The number of ether oxygens (including phenoxy) is 2. The van der Waals surface area contributed by atoms with Crippen molar-refractivity contribution in [3.8, 4) is 17.6 Å². The van der Waals surface area contributed by atoms with Crippen LogP contribution >= 0.6 is 0 Å². The van der Waals surface area contributed by atoms with E-state index in [0.29, 0.717) is 29.2 Å². The summed E-state index contributed by atoms with van der Waals surface area (Å²) in [5.74, 6) is 0.848. The molecule has 0 bridgehead atoms. The molecule has 0 saturated heterocycles. The lowest BCUT2D eigenvalue weighted by Crippen LogP contribution is -2.23. The molecule has 1 N–H and O–H groups in total. The Morgan fingerprint density at radius 3 is 2.45 bits per heavy atom. The number of methoxy groups -OCH3 is 2. The molecule has 0 unspecified atom stereocenters. The second-order valence-electron chi connectivity index (χ2n) is 4.56. The average Bonchev–Trinajstić information content (AvgIpc) is 2.59. The number of nitrogens with zero attached hydrogens (tertiary/aromatic N) is 1. The second kappa shape index (κ2) is 7.14. The average molecular weight is 296 g/mol. The summed E-state index contributed by atoms with van der Waals surface area (Å²) in [4.78, 5) is 12.2. The van der Waals surface area contributed by atoms with Crippen LogP contribution in [0.2, 0.25) is 0 Å². The van der Waals surface area contributed by atoms with Gasteiger partial charge in [-0.1, -0.05) is 12.1 Å². The van der Waals surface area contributed by atoms with Gasteiger partial charge in [0.15, 0.2) is 0 Å². The Labute approximate surface area is 129 Å². The second-order valence-corrected chi connectivity index (χ2v) is 4.56. The number of benzene rings is 2. The lowest BCUT2D eigenvalue weighted by atomic mass is 10.1. The highest BCUT2D eigenvalue weighted by Gasteiger charge is 2.12. The molecule has 22 heavy (non-hydrogen) atoms. The predicted molar refractivity (Wildman–Crippen MR) is 81.9 cm³/mol. The van der Waals surface area contributed by atoms with Crippen LogP contribution in [0, 0.1) is 11.3 Å². The molecule has 0 aliphatic rings. The Balaban J connectivity index is 2.07. The van der Waals surface area contributed by atoms with Gasteiger partial charge in [0, 0.05) is 12.6 Å². The Morgan fingerprint density at radius 1 is 1.14 bits per heavy atom. The van der Waals surface area contributed by atoms with Crippen molar-refractivity contribution in [2.75, 3.05) is 14.2 Å². The van der Waals surface area contributed by atoms with E-state index < -0.39 is 0 Å². The van der Waals surface area contributed by atoms with Crippen LogP contribution in [0.3, 0.4) is 0 Å². The minimum atomic E-state index is -0.233. The molecule has 2 aromatic rings. The summed E-state index contributed by atoms with van der Waals surface area (Å²) in [6.07, 6.45) is 0. The standard InChI is InChI=1S/C17H16N2O3/c1-21-14-7-8-15(16(9-14)22-2)17(20)19-11-13-5-3-12(10-18)4-6-13/h3-9H,11H2,1-2H3,(H,19,20). The molecule has 0 radical (unpaired) electrons. The van der Waals surface area contributed by atoms with Crippen molar-refractivity contribution >= 4 is 5.91 Å². The number of carbonyl (C=O) groups excluding carboxylic acids is 1. The summed E-state index contributed by atoms with van der Waals surface area (Å²) in [6, 6.07) is 14.1. The quantitative estimate of drug-likeness (QED) is 0.920. The van der Waals surface area contributed by atoms with Crippen LogP contribution in [0.5, 0.6) is 11.5 Å². The molecule has 112 valence electrons. The molecule has 0 spiro atoms. The van der Waals surface area contributed by atoms with Gasteiger partial charge < -0.3 is 14.8 Å². The lowest BCUT2D eigenvalue weighted by Gasteiger charge is -2.11. The molecular formula is C17H16N2O3. The fourth-order valence-electron chi connectivity index (χ4n) is 1.96. The number of nitriles is 1. The zero-order chi connectivity index (χ0) is 15.9. The van der Waals surface area contributed by atoms with Gasteiger partial charge in [-0.15, -0.1) is 0 Å². The molecule has 2 rings (SSSR count). The molecule has 5 nitrogen and oxygen atoms in total. The van der Waals surface area contributed by atoms with Gasteiger partial charge in [-0.25, -0.2) is 0 Å². The number of rotatable bonds is 5. The maximum atomic E-state index is 12.2. The fourth-order valence-corrected chi connectivity index (χ4v) is 1.96. The zero-order valence-electron chi connectivity index (χ0n) is 12.4. The highest BCUT2D eigenvalue weighted by Crippen LogP contribution is 2.24. The van der Waals surface area contributed by atoms with E-state index in [0.717, 1.165) is 5.56 Å². The Morgan fingerprint density at radius 2 is 1.86 bits per heavy atom. The Kier molecular flexibility index (Phi) is 4.99. The summed E-state index contributed by atoms with van der Waals surface area (Å²) in [7, 11) is 3.06. The number of hydrogen-bond acceptors (Lipinski definition) is 4. The third-order valence-corrected chi connectivity index (χ3v) is 3.19. The van der Waals surface area contributed by atoms with Crippen LogP contribution in [-0.4, -0.2) is 20.1 Å². The summed E-state index contributed by atoms with van der Waals surface area (Å²) in [6.45, 7) is 0.375. The van der Waals surface area contributed by atoms with Crippen molar-refractivity contribution in [2.45, 2.75) is 6.54 Å². The topological polar surface area (TPSA) is 71.3 Å². The fraction of sp³-hybridized carbons (Fsp3) is 0.176. The highest BCUT2D eigenvalue weighted by atomic mass is 16.5. The van der Waals surface area contributed by atoms with E-state index in [9.17, 15) is 4.79 Å². The summed E-state index contributed by atoms with van der Waals surface area (Å²) >= 11 is 0. The molecule has 0 aliphatic heterocycles. The number of nitrogens with one attached hydrogen (secondary N) is 1. The van der Waals surface area contributed by atoms with E-state index in [1.807, 2.05) is 12.1 Å². The van der Waals surface area contributed by atoms with Gasteiger partial charge in [0.1, 0.15) is 11.5 Å². The number of carbonyl (C=O) groups is 1. The zero-order valence-corrected chi connectivity index (χ0v) is 12.4. The molecular weight excluding hydrogens is 280 g/mol. The monoisotopic (exact) mass is 296 g/mol. The lowest BCUT2D eigenvalue weighted by molar-refractivity contribution is 0.0948. The molecule has 1 amide bonds. The summed E-state index contributed by atoms with van der Waals surface area (Å²) < 4.78 is 10.3. The molecule has 5 heteroatoms. The van der Waals surface area contributed by atoms with E-state index in [1.165, 1.54) is 7.11 Å². The molecule has 0 heterocycles. The molecule has 0 aromatic heterocycles. The number of amides is 1.